The molecule has 15 heavy (non-hydrogen) atoms. The Bertz CT molecular complexity index is 312. The third-order valence-electron chi connectivity index (χ3n) is 2.64. The van der Waals surface area contributed by atoms with Crippen molar-refractivity contribution in [2.24, 2.45) is 5.92 Å². The summed E-state index contributed by atoms with van der Waals surface area (Å²) in [4.78, 5) is 0. The molecule has 1 N–H and O–H groups in total. The van der Waals surface area contributed by atoms with Crippen molar-refractivity contribution in [1.82, 2.24) is 9.78 Å². The molecule has 1 aromatic heterocycles. The average Bonchev–Trinajstić information content (AvgIpc) is 2.70. The first-order valence-corrected chi connectivity index (χ1v) is 5.53. The molecule has 1 aliphatic heterocycles. The summed E-state index contributed by atoms with van der Waals surface area (Å²) in [6, 6.07) is 1.65. The molecule has 4 heteroatoms. The molecule has 2 unspecified atom stereocenters. The van der Waals surface area contributed by atoms with E-state index in [2.05, 4.69) is 5.10 Å². The molecule has 0 aromatic carbocycles. The fourth-order valence-corrected chi connectivity index (χ4v) is 1.74. The first kappa shape index (κ1) is 12.2. The highest BCUT2D eigenvalue weighted by Crippen LogP contribution is 2.30. The molecule has 0 fully saturated rings. The predicted octanol–water partition coefficient (Wildman–Crippen LogP) is 2.45. The number of aromatic nitrogens is 2. The molecule has 0 bridgehead atoms. The van der Waals surface area contributed by atoms with Gasteiger partial charge in [0.25, 0.3) is 0 Å². The Balaban J connectivity index is 0.000000531. The van der Waals surface area contributed by atoms with Gasteiger partial charge in [0.1, 0.15) is 6.67 Å². The third kappa shape index (κ3) is 2.37. The van der Waals surface area contributed by atoms with Gasteiger partial charge >= 0.3 is 0 Å². The van der Waals surface area contributed by atoms with Crippen molar-refractivity contribution in [2.45, 2.75) is 46.5 Å². The Hall–Kier alpha value is -0.900. The summed E-state index contributed by atoms with van der Waals surface area (Å²) in [6.07, 6.45) is 0.420. The third-order valence-corrected chi connectivity index (χ3v) is 2.64. The largest absolute Gasteiger partial charge is 0.387 e. The Morgan fingerprint density at radius 1 is 1.60 bits per heavy atom. The molecule has 1 aliphatic rings. The van der Waals surface area contributed by atoms with E-state index in [1.54, 1.807) is 10.7 Å². The van der Waals surface area contributed by atoms with Gasteiger partial charge in [-0.1, -0.05) is 20.8 Å². The first-order valence-electron chi connectivity index (χ1n) is 5.53. The summed E-state index contributed by atoms with van der Waals surface area (Å²) in [7, 11) is 0. The smallest absolute Gasteiger partial charge is 0.133 e. The lowest BCUT2D eigenvalue weighted by molar-refractivity contribution is 0.0825. The van der Waals surface area contributed by atoms with Crippen LogP contribution in [0.1, 0.15) is 44.7 Å². The highest BCUT2D eigenvalue weighted by Gasteiger charge is 2.26. The molecule has 0 saturated heterocycles. The van der Waals surface area contributed by atoms with E-state index in [4.69, 9.17) is 0 Å². The van der Waals surface area contributed by atoms with E-state index < -0.39 is 12.8 Å². The quantitative estimate of drug-likeness (QED) is 0.779. The van der Waals surface area contributed by atoms with Crippen LogP contribution in [0.4, 0.5) is 4.39 Å². The van der Waals surface area contributed by atoms with Gasteiger partial charge in [0.05, 0.1) is 17.5 Å². The summed E-state index contributed by atoms with van der Waals surface area (Å²) in [5.41, 5.74) is 1.18. The first-order chi connectivity index (χ1) is 7.22. The molecular formula is C11H19FN2O. The number of rotatable bonds is 1. The number of aryl methyl sites for hydroxylation is 1. The van der Waals surface area contributed by atoms with Gasteiger partial charge in [0.15, 0.2) is 0 Å². The molecule has 0 amide bonds. The zero-order valence-corrected chi connectivity index (χ0v) is 9.57. The second kappa shape index (κ2) is 5.26. The Morgan fingerprint density at radius 2 is 2.27 bits per heavy atom. The van der Waals surface area contributed by atoms with Crippen LogP contribution in [0.2, 0.25) is 0 Å². The van der Waals surface area contributed by atoms with Crippen molar-refractivity contribution in [3.63, 3.8) is 0 Å². The highest BCUT2D eigenvalue weighted by molar-refractivity contribution is 5.14. The Labute approximate surface area is 89.9 Å². The van der Waals surface area contributed by atoms with Crippen molar-refractivity contribution in [3.05, 3.63) is 17.5 Å². The van der Waals surface area contributed by atoms with Crippen LogP contribution in [0, 0.1) is 5.92 Å². The van der Waals surface area contributed by atoms with E-state index in [0.717, 1.165) is 18.7 Å². The number of hydrogen-bond donors (Lipinski definition) is 1. The highest BCUT2D eigenvalue weighted by atomic mass is 19.1. The van der Waals surface area contributed by atoms with E-state index in [-0.39, 0.29) is 5.92 Å². The number of nitrogens with zero attached hydrogens (tertiary/aromatic N) is 2. The maximum atomic E-state index is 12.3. The molecule has 0 spiro atoms. The average molecular weight is 214 g/mol. The van der Waals surface area contributed by atoms with E-state index in [1.807, 2.05) is 20.8 Å². The van der Waals surface area contributed by atoms with Crippen molar-refractivity contribution < 1.29 is 9.50 Å². The lowest BCUT2D eigenvalue weighted by atomic mass is 9.95. The summed E-state index contributed by atoms with van der Waals surface area (Å²) in [5.74, 6) is 0.247. The molecule has 0 radical (unpaired) electrons. The van der Waals surface area contributed by atoms with E-state index >= 15 is 0 Å². The lowest BCUT2D eigenvalue weighted by Crippen LogP contribution is -2.22. The van der Waals surface area contributed by atoms with Gasteiger partial charge in [-0.05, 0) is 18.4 Å². The van der Waals surface area contributed by atoms with Crippen LogP contribution in [0.5, 0.6) is 0 Å². The monoisotopic (exact) mass is 214 g/mol. The van der Waals surface area contributed by atoms with Crippen molar-refractivity contribution in [1.29, 1.82) is 0 Å². The van der Waals surface area contributed by atoms with E-state index in [1.165, 1.54) is 0 Å². The van der Waals surface area contributed by atoms with Crippen LogP contribution in [-0.2, 0) is 13.2 Å². The summed E-state index contributed by atoms with van der Waals surface area (Å²) in [6.45, 7) is 6.23. The fraction of sp³-hybridized carbons (Fsp3) is 0.727. The van der Waals surface area contributed by atoms with Crippen LogP contribution in [0.3, 0.4) is 0 Å². The number of aliphatic hydroxyl groups is 1. The van der Waals surface area contributed by atoms with Gasteiger partial charge in [-0.2, -0.15) is 5.10 Å². The normalized spacial score (nSPS) is 24.1. The standard InChI is InChI=1S/C9H13FN2O.C2H6/c1-6-2-3-12-8(9(6)13)4-7(5-10)11-12;1-2/h4,6,9,13H,2-3,5H2,1H3;1-2H3. The van der Waals surface area contributed by atoms with Crippen LogP contribution in [-0.4, -0.2) is 14.9 Å². The Kier molecular flexibility index (Phi) is 4.27. The summed E-state index contributed by atoms with van der Waals surface area (Å²) in [5, 5.41) is 13.8. The Morgan fingerprint density at radius 3 is 2.87 bits per heavy atom. The van der Waals surface area contributed by atoms with Crippen LogP contribution < -0.4 is 0 Å². The van der Waals surface area contributed by atoms with Gasteiger partial charge in [0.2, 0.25) is 0 Å². The van der Waals surface area contributed by atoms with Gasteiger partial charge in [-0.25, -0.2) is 4.39 Å². The molecule has 86 valence electrons. The number of fused-ring (bicyclic) bond motifs is 1. The van der Waals surface area contributed by atoms with Crippen LogP contribution >= 0.6 is 0 Å². The molecule has 0 aliphatic carbocycles. The molecule has 3 nitrogen and oxygen atoms in total. The van der Waals surface area contributed by atoms with E-state index in [0.29, 0.717) is 5.69 Å². The topological polar surface area (TPSA) is 38.0 Å². The molecule has 2 rings (SSSR count). The minimum Gasteiger partial charge on any atom is -0.387 e. The molecule has 1 aromatic rings. The number of halogens is 1. The lowest BCUT2D eigenvalue weighted by Gasteiger charge is -2.25. The number of aliphatic hydroxyl groups excluding tert-OH is 1. The van der Waals surface area contributed by atoms with Gasteiger partial charge in [0, 0.05) is 6.54 Å². The SMILES string of the molecule is CC.CC1CCn2nc(CF)cc2C1O. The summed E-state index contributed by atoms with van der Waals surface area (Å²) >= 11 is 0. The molecule has 2 atom stereocenters. The van der Waals surface area contributed by atoms with Gasteiger partial charge in [-0.15, -0.1) is 0 Å². The van der Waals surface area contributed by atoms with Crippen molar-refractivity contribution in [2.75, 3.05) is 0 Å². The predicted molar refractivity (Wildman–Crippen MR) is 57.1 cm³/mol. The molecule has 2 heterocycles. The van der Waals surface area contributed by atoms with Crippen LogP contribution in [0.15, 0.2) is 6.07 Å². The minimum atomic E-state index is -0.554. The van der Waals surface area contributed by atoms with E-state index in [9.17, 15) is 9.50 Å². The zero-order valence-electron chi connectivity index (χ0n) is 9.57. The second-order valence-corrected chi connectivity index (χ2v) is 3.63. The maximum Gasteiger partial charge on any atom is 0.133 e. The van der Waals surface area contributed by atoms with Gasteiger partial charge < -0.3 is 5.11 Å². The molecular weight excluding hydrogens is 195 g/mol. The number of alkyl halides is 1. The molecule has 0 saturated carbocycles. The zero-order chi connectivity index (χ0) is 11.4. The summed E-state index contributed by atoms with van der Waals surface area (Å²) < 4.78 is 14.0. The maximum absolute atomic E-state index is 12.3. The van der Waals surface area contributed by atoms with Crippen LogP contribution in [0.25, 0.3) is 0 Å². The fourth-order valence-electron chi connectivity index (χ4n) is 1.74. The second-order valence-electron chi connectivity index (χ2n) is 3.63. The minimum absolute atomic E-state index is 0.247. The van der Waals surface area contributed by atoms with Crippen molar-refractivity contribution >= 4 is 0 Å². The number of hydrogen-bond acceptors (Lipinski definition) is 2. The van der Waals surface area contributed by atoms with Gasteiger partial charge in [-0.3, -0.25) is 4.68 Å². The van der Waals surface area contributed by atoms with Crippen molar-refractivity contribution in [3.8, 4) is 0 Å².